The number of hydrogen-bond donors (Lipinski definition) is 0. The van der Waals surface area contributed by atoms with Crippen LogP contribution in [-0.4, -0.2) is 12.9 Å². The second-order valence-corrected chi connectivity index (χ2v) is 6.73. The molecule has 0 saturated heterocycles. The van der Waals surface area contributed by atoms with Gasteiger partial charge in [0.05, 0.1) is 11.6 Å². The van der Waals surface area contributed by atoms with Crippen LogP contribution in [0.2, 0.25) is 0 Å². The van der Waals surface area contributed by atoms with Gasteiger partial charge in [0.1, 0.15) is 6.61 Å². The smallest absolute Gasteiger partial charge is 0.185 e. The van der Waals surface area contributed by atoms with E-state index < -0.39 is 0 Å². The van der Waals surface area contributed by atoms with Crippen LogP contribution >= 0.6 is 15.9 Å². The molecule has 0 radical (unpaired) electrons. The molecule has 0 spiro atoms. The van der Waals surface area contributed by atoms with Crippen molar-refractivity contribution in [3.63, 3.8) is 0 Å². The van der Waals surface area contributed by atoms with Crippen LogP contribution in [0.25, 0.3) is 6.08 Å². The zero-order chi connectivity index (χ0) is 19.1. The van der Waals surface area contributed by atoms with Gasteiger partial charge in [0.25, 0.3) is 0 Å². The minimum absolute atomic E-state index is 0.0462. The van der Waals surface area contributed by atoms with Crippen LogP contribution < -0.4 is 9.47 Å². The fourth-order valence-electron chi connectivity index (χ4n) is 2.58. The summed E-state index contributed by atoms with van der Waals surface area (Å²) in [7, 11) is 1.60. The van der Waals surface area contributed by atoms with Gasteiger partial charge in [0.2, 0.25) is 0 Å². The number of halogens is 1. The maximum atomic E-state index is 12.2. The lowest BCUT2D eigenvalue weighted by Gasteiger charge is -2.13. The molecular weight excluding hydrogens is 404 g/mol. The second-order valence-electron chi connectivity index (χ2n) is 5.87. The van der Waals surface area contributed by atoms with Crippen molar-refractivity contribution in [2.45, 2.75) is 6.61 Å². The molecule has 0 aliphatic carbocycles. The Morgan fingerprint density at radius 1 is 1.00 bits per heavy atom. The van der Waals surface area contributed by atoms with E-state index in [1.165, 1.54) is 0 Å². The van der Waals surface area contributed by atoms with Crippen molar-refractivity contribution in [2.75, 3.05) is 7.11 Å². The normalized spacial score (nSPS) is 10.7. The Morgan fingerprint density at radius 3 is 2.33 bits per heavy atom. The average molecular weight is 423 g/mol. The summed E-state index contributed by atoms with van der Waals surface area (Å²) in [5, 5.41) is 0. The first-order valence-corrected chi connectivity index (χ1v) is 9.28. The largest absolute Gasteiger partial charge is 0.493 e. The number of ether oxygens (including phenoxy) is 2. The summed E-state index contributed by atoms with van der Waals surface area (Å²) in [4.78, 5) is 12.2. The minimum Gasteiger partial charge on any atom is -0.493 e. The molecule has 3 nitrogen and oxygen atoms in total. The summed E-state index contributed by atoms with van der Waals surface area (Å²) in [5.41, 5.74) is 2.57. The SMILES string of the molecule is COc1cc(/C=C/C(=O)c2ccccc2)cc(Br)c1OCc1ccccc1. The van der Waals surface area contributed by atoms with Gasteiger partial charge in [-0.2, -0.15) is 0 Å². The third-order valence-electron chi connectivity index (χ3n) is 3.96. The molecule has 0 unspecified atom stereocenters. The van der Waals surface area contributed by atoms with Crippen molar-refractivity contribution >= 4 is 27.8 Å². The summed E-state index contributed by atoms with van der Waals surface area (Å²) in [6, 6.07) is 22.9. The standard InChI is InChI=1S/C23H19BrO3/c1-26-22-15-18(12-13-21(25)19-10-6-3-7-11-19)14-20(24)23(22)27-16-17-8-4-2-5-9-17/h2-15H,16H2,1H3/b13-12+. The Bertz CT molecular complexity index is 935. The van der Waals surface area contributed by atoms with E-state index in [1.807, 2.05) is 60.7 Å². The molecule has 27 heavy (non-hydrogen) atoms. The van der Waals surface area contributed by atoms with Crippen LogP contribution in [0.3, 0.4) is 0 Å². The fraction of sp³-hybridized carbons (Fsp3) is 0.0870. The predicted octanol–water partition coefficient (Wildman–Crippen LogP) is 5.93. The maximum Gasteiger partial charge on any atom is 0.185 e. The highest BCUT2D eigenvalue weighted by atomic mass is 79.9. The Kier molecular flexibility index (Phi) is 6.44. The van der Waals surface area contributed by atoms with Crippen LogP contribution in [0.4, 0.5) is 0 Å². The topological polar surface area (TPSA) is 35.5 Å². The molecule has 0 aromatic heterocycles. The summed E-state index contributed by atoms with van der Waals surface area (Å²) in [6.07, 6.45) is 3.32. The number of ketones is 1. The number of hydrogen-bond acceptors (Lipinski definition) is 3. The van der Waals surface area contributed by atoms with Gasteiger partial charge in [-0.1, -0.05) is 66.7 Å². The van der Waals surface area contributed by atoms with Crippen molar-refractivity contribution in [3.8, 4) is 11.5 Å². The van der Waals surface area contributed by atoms with Gasteiger partial charge in [-0.05, 0) is 45.3 Å². The molecule has 3 aromatic carbocycles. The zero-order valence-corrected chi connectivity index (χ0v) is 16.5. The lowest BCUT2D eigenvalue weighted by atomic mass is 10.1. The van der Waals surface area contributed by atoms with E-state index in [0.717, 1.165) is 15.6 Å². The van der Waals surface area contributed by atoms with Crippen molar-refractivity contribution in [2.24, 2.45) is 0 Å². The van der Waals surface area contributed by atoms with E-state index in [4.69, 9.17) is 9.47 Å². The van der Waals surface area contributed by atoms with Gasteiger partial charge < -0.3 is 9.47 Å². The molecule has 0 atom stereocenters. The van der Waals surface area contributed by atoms with E-state index in [2.05, 4.69) is 15.9 Å². The highest BCUT2D eigenvalue weighted by Gasteiger charge is 2.11. The average Bonchev–Trinajstić information content (AvgIpc) is 2.72. The number of allylic oxidation sites excluding steroid dienone is 1. The van der Waals surface area contributed by atoms with Crippen LogP contribution in [0.5, 0.6) is 11.5 Å². The van der Waals surface area contributed by atoms with Crippen LogP contribution in [0.15, 0.2) is 83.3 Å². The highest BCUT2D eigenvalue weighted by Crippen LogP contribution is 2.37. The lowest BCUT2D eigenvalue weighted by Crippen LogP contribution is -1.99. The van der Waals surface area contributed by atoms with Crippen molar-refractivity contribution < 1.29 is 14.3 Å². The summed E-state index contributed by atoms with van der Waals surface area (Å²) >= 11 is 3.54. The Labute approximate surface area is 167 Å². The number of methoxy groups -OCH3 is 1. The van der Waals surface area contributed by atoms with Gasteiger partial charge in [0, 0.05) is 5.56 Å². The monoisotopic (exact) mass is 422 g/mol. The quantitative estimate of drug-likeness (QED) is 0.349. The molecule has 136 valence electrons. The van der Waals surface area contributed by atoms with E-state index >= 15 is 0 Å². The Hall–Kier alpha value is -2.85. The summed E-state index contributed by atoms with van der Waals surface area (Å²) < 4.78 is 12.2. The molecule has 0 aliphatic heterocycles. The molecule has 0 amide bonds. The third kappa shape index (κ3) is 5.08. The number of carbonyl (C=O) groups is 1. The van der Waals surface area contributed by atoms with E-state index in [9.17, 15) is 4.79 Å². The van der Waals surface area contributed by atoms with Crippen molar-refractivity contribution in [1.29, 1.82) is 0 Å². The maximum absolute atomic E-state index is 12.2. The number of rotatable bonds is 7. The van der Waals surface area contributed by atoms with Gasteiger partial charge in [0.15, 0.2) is 17.3 Å². The van der Waals surface area contributed by atoms with Gasteiger partial charge in [-0.3, -0.25) is 4.79 Å². The number of benzene rings is 3. The van der Waals surface area contributed by atoms with Crippen molar-refractivity contribution in [3.05, 3.63) is 100 Å². The molecule has 0 fully saturated rings. The molecule has 3 aromatic rings. The van der Waals surface area contributed by atoms with E-state index in [-0.39, 0.29) is 5.78 Å². The van der Waals surface area contributed by atoms with Gasteiger partial charge in [-0.25, -0.2) is 0 Å². The van der Waals surface area contributed by atoms with E-state index in [1.54, 1.807) is 31.4 Å². The zero-order valence-electron chi connectivity index (χ0n) is 14.9. The summed E-state index contributed by atoms with van der Waals surface area (Å²) in [5.74, 6) is 1.19. The molecular formula is C23H19BrO3. The first-order valence-electron chi connectivity index (χ1n) is 8.49. The van der Waals surface area contributed by atoms with Crippen molar-refractivity contribution in [1.82, 2.24) is 0 Å². The fourth-order valence-corrected chi connectivity index (χ4v) is 3.15. The van der Waals surface area contributed by atoms with Crippen LogP contribution in [-0.2, 0) is 6.61 Å². The first-order chi connectivity index (χ1) is 13.2. The van der Waals surface area contributed by atoms with Gasteiger partial charge >= 0.3 is 0 Å². The first kappa shape index (κ1) is 18.9. The second kappa shape index (κ2) is 9.19. The highest BCUT2D eigenvalue weighted by molar-refractivity contribution is 9.10. The molecule has 0 heterocycles. The van der Waals surface area contributed by atoms with E-state index in [0.29, 0.717) is 23.7 Å². The molecule has 0 bridgehead atoms. The minimum atomic E-state index is -0.0462. The lowest BCUT2D eigenvalue weighted by molar-refractivity contribution is 0.104. The van der Waals surface area contributed by atoms with Crippen LogP contribution in [0.1, 0.15) is 21.5 Å². The predicted molar refractivity (Wildman–Crippen MR) is 111 cm³/mol. The van der Waals surface area contributed by atoms with Crippen LogP contribution in [0, 0.1) is 0 Å². The molecule has 0 aliphatic rings. The molecule has 0 saturated carbocycles. The molecule has 3 rings (SSSR count). The van der Waals surface area contributed by atoms with Gasteiger partial charge in [-0.15, -0.1) is 0 Å². The molecule has 4 heteroatoms. The third-order valence-corrected chi connectivity index (χ3v) is 4.55. The molecule has 0 N–H and O–H groups in total. The summed E-state index contributed by atoms with van der Waals surface area (Å²) in [6.45, 7) is 0.442. The number of carbonyl (C=O) groups excluding carboxylic acids is 1. The Morgan fingerprint density at radius 2 is 1.67 bits per heavy atom. The Balaban J connectivity index is 1.77.